The van der Waals surface area contributed by atoms with Crippen LogP contribution in [-0.2, 0) is 4.74 Å². The molecule has 0 atom stereocenters. The molecule has 1 saturated heterocycles. The molecule has 0 spiro atoms. The lowest BCUT2D eigenvalue weighted by molar-refractivity contribution is 0.0303. The van der Waals surface area contributed by atoms with Crippen LogP contribution in [0.15, 0.2) is 24.3 Å². The Bertz CT molecular complexity index is 470. The lowest BCUT2D eigenvalue weighted by Crippen LogP contribution is -2.40. The number of ether oxygens (including phenoxy) is 1. The molecule has 0 aromatic heterocycles. The number of nitrogens with zero attached hydrogens (tertiary/aromatic N) is 1. The summed E-state index contributed by atoms with van der Waals surface area (Å²) >= 11 is 4.03. The Morgan fingerprint density at radius 3 is 2.35 bits per heavy atom. The van der Waals surface area contributed by atoms with Gasteiger partial charge in [-0.3, -0.25) is 9.59 Å². The van der Waals surface area contributed by atoms with E-state index in [1.165, 1.54) is 0 Å². The maximum absolute atomic E-state index is 12.2. The van der Waals surface area contributed by atoms with Gasteiger partial charge in [-0.05, 0) is 24.3 Å². The molecule has 0 saturated carbocycles. The molecule has 2 rings (SSSR count). The summed E-state index contributed by atoms with van der Waals surface area (Å²) in [6.07, 6.45) is 0. The van der Waals surface area contributed by atoms with Gasteiger partial charge in [0.1, 0.15) is 0 Å². The van der Waals surface area contributed by atoms with Gasteiger partial charge in [-0.25, -0.2) is 0 Å². The van der Waals surface area contributed by atoms with Crippen LogP contribution in [0.3, 0.4) is 0 Å². The Kier molecular flexibility index (Phi) is 5.43. The molecule has 6 heteroatoms. The van der Waals surface area contributed by atoms with Crippen molar-refractivity contribution in [2.45, 2.75) is 0 Å². The second-order valence-electron chi connectivity index (χ2n) is 4.46. The largest absolute Gasteiger partial charge is 0.378 e. The number of nitrogens with one attached hydrogen (secondary N) is 1. The number of hydrogen-bond acceptors (Lipinski definition) is 4. The van der Waals surface area contributed by atoms with E-state index in [1.807, 2.05) is 0 Å². The van der Waals surface area contributed by atoms with Crippen molar-refractivity contribution in [3.05, 3.63) is 35.4 Å². The van der Waals surface area contributed by atoms with Crippen LogP contribution in [-0.4, -0.2) is 55.3 Å². The van der Waals surface area contributed by atoms with Crippen molar-refractivity contribution in [2.75, 3.05) is 38.6 Å². The van der Waals surface area contributed by atoms with E-state index in [1.54, 1.807) is 29.2 Å². The lowest BCUT2D eigenvalue weighted by Gasteiger charge is -2.26. The third-order valence-corrected chi connectivity index (χ3v) is 3.31. The molecule has 0 aliphatic carbocycles. The molecule has 1 aromatic carbocycles. The van der Waals surface area contributed by atoms with Gasteiger partial charge in [0, 0.05) is 36.5 Å². The molecule has 1 aromatic rings. The van der Waals surface area contributed by atoms with Crippen LogP contribution in [0.2, 0.25) is 0 Å². The summed E-state index contributed by atoms with van der Waals surface area (Å²) in [6, 6.07) is 6.71. The fraction of sp³-hybridized carbons (Fsp3) is 0.429. The van der Waals surface area contributed by atoms with Gasteiger partial charge in [-0.2, -0.15) is 12.6 Å². The number of carbonyl (C=O) groups excluding carboxylic acids is 2. The van der Waals surface area contributed by atoms with Crippen molar-refractivity contribution in [3.8, 4) is 0 Å². The molecule has 1 N–H and O–H groups in total. The van der Waals surface area contributed by atoms with Crippen molar-refractivity contribution < 1.29 is 14.3 Å². The highest BCUT2D eigenvalue weighted by Crippen LogP contribution is 2.09. The zero-order chi connectivity index (χ0) is 14.4. The van der Waals surface area contributed by atoms with E-state index in [0.29, 0.717) is 49.7 Å². The molecule has 0 bridgehead atoms. The van der Waals surface area contributed by atoms with E-state index in [4.69, 9.17) is 4.74 Å². The fourth-order valence-electron chi connectivity index (χ4n) is 1.98. The number of hydrogen-bond donors (Lipinski definition) is 2. The molecule has 1 aliphatic rings. The van der Waals surface area contributed by atoms with Crippen molar-refractivity contribution >= 4 is 24.4 Å². The van der Waals surface area contributed by atoms with Gasteiger partial charge in [0.2, 0.25) is 0 Å². The summed E-state index contributed by atoms with van der Waals surface area (Å²) in [5.41, 5.74) is 1.14. The maximum Gasteiger partial charge on any atom is 0.254 e. The summed E-state index contributed by atoms with van der Waals surface area (Å²) in [6.45, 7) is 2.91. The number of rotatable bonds is 4. The Morgan fingerprint density at radius 2 is 1.75 bits per heavy atom. The second kappa shape index (κ2) is 7.31. The number of amides is 2. The molecule has 0 radical (unpaired) electrons. The van der Waals surface area contributed by atoms with E-state index < -0.39 is 0 Å². The zero-order valence-corrected chi connectivity index (χ0v) is 12.1. The second-order valence-corrected chi connectivity index (χ2v) is 4.91. The first-order chi connectivity index (χ1) is 9.72. The van der Waals surface area contributed by atoms with Crippen LogP contribution >= 0.6 is 12.6 Å². The Morgan fingerprint density at radius 1 is 1.15 bits per heavy atom. The van der Waals surface area contributed by atoms with Crippen molar-refractivity contribution in [1.82, 2.24) is 10.2 Å². The number of carbonyl (C=O) groups is 2. The van der Waals surface area contributed by atoms with Gasteiger partial charge in [0.15, 0.2) is 0 Å². The number of benzene rings is 1. The van der Waals surface area contributed by atoms with E-state index in [0.717, 1.165) is 0 Å². The van der Waals surface area contributed by atoms with Crippen molar-refractivity contribution in [2.24, 2.45) is 0 Å². The summed E-state index contributed by atoms with van der Waals surface area (Å²) < 4.78 is 5.22. The summed E-state index contributed by atoms with van der Waals surface area (Å²) in [5.74, 6) is 0.430. The first-order valence-electron chi connectivity index (χ1n) is 6.58. The lowest BCUT2D eigenvalue weighted by atomic mass is 10.1. The monoisotopic (exact) mass is 294 g/mol. The summed E-state index contributed by atoms with van der Waals surface area (Å²) in [4.78, 5) is 25.7. The van der Waals surface area contributed by atoms with Crippen LogP contribution < -0.4 is 5.32 Å². The van der Waals surface area contributed by atoms with Gasteiger partial charge in [-0.15, -0.1) is 0 Å². The quantitative estimate of drug-likeness (QED) is 0.808. The number of morpholine rings is 1. The summed E-state index contributed by atoms with van der Waals surface area (Å²) in [5, 5.41) is 2.73. The smallest absolute Gasteiger partial charge is 0.254 e. The van der Waals surface area contributed by atoms with Gasteiger partial charge < -0.3 is 15.0 Å². The van der Waals surface area contributed by atoms with Gasteiger partial charge in [-0.1, -0.05) is 0 Å². The molecule has 1 fully saturated rings. The van der Waals surface area contributed by atoms with Gasteiger partial charge in [0.25, 0.3) is 11.8 Å². The topological polar surface area (TPSA) is 58.6 Å². The molecule has 0 unspecified atom stereocenters. The minimum atomic E-state index is -0.149. The average molecular weight is 294 g/mol. The first-order valence-corrected chi connectivity index (χ1v) is 7.22. The zero-order valence-electron chi connectivity index (χ0n) is 11.2. The Hall–Kier alpha value is -1.53. The van der Waals surface area contributed by atoms with Gasteiger partial charge in [0.05, 0.1) is 13.2 Å². The minimum Gasteiger partial charge on any atom is -0.378 e. The molecular weight excluding hydrogens is 276 g/mol. The molecular formula is C14H18N2O3S. The van der Waals surface area contributed by atoms with Crippen molar-refractivity contribution in [3.63, 3.8) is 0 Å². The van der Waals surface area contributed by atoms with Crippen LogP contribution in [0.5, 0.6) is 0 Å². The molecule has 2 amide bonds. The Labute approximate surface area is 123 Å². The molecule has 20 heavy (non-hydrogen) atoms. The van der Waals surface area contributed by atoms with E-state index >= 15 is 0 Å². The van der Waals surface area contributed by atoms with E-state index in [9.17, 15) is 9.59 Å². The minimum absolute atomic E-state index is 0.0179. The standard InChI is InChI=1S/C14H18N2O3S/c17-13(15-5-10-20)11-1-3-12(4-2-11)14(18)16-6-8-19-9-7-16/h1-4,20H,5-10H2,(H,15,17). The average Bonchev–Trinajstić information content (AvgIpc) is 2.53. The van der Waals surface area contributed by atoms with E-state index in [2.05, 4.69) is 17.9 Å². The van der Waals surface area contributed by atoms with E-state index in [-0.39, 0.29) is 11.8 Å². The third kappa shape index (κ3) is 3.74. The third-order valence-electron chi connectivity index (χ3n) is 3.09. The van der Waals surface area contributed by atoms with Crippen LogP contribution in [0.1, 0.15) is 20.7 Å². The highest BCUT2D eigenvalue weighted by molar-refractivity contribution is 7.80. The van der Waals surface area contributed by atoms with Gasteiger partial charge >= 0.3 is 0 Å². The first kappa shape index (κ1) is 14.9. The SMILES string of the molecule is O=C(NCCS)c1ccc(C(=O)N2CCOCC2)cc1. The van der Waals surface area contributed by atoms with Crippen molar-refractivity contribution in [1.29, 1.82) is 0 Å². The molecule has 108 valence electrons. The predicted molar refractivity (Wildman–Crippen MR) is 79.4 cm³/mol. The van der Waals surface area contributed by atoms with Crippen LogP contribution in [0.4, 0.5) is 0 Å². The number of thiol groups is 1. The maximum atomic E-state index is 12.2. The predicted octanol–water partition coefficient (Wildman–Crippen LogP) is 0.819. The molecule has 1 aliphatic heterocycles. The molecule has 5 nitrogen and oxygen atoms in total. The Balaban J connectivity index is 2.00. The highest BCUT2D eigenvalue weighted by atomic mass is 32.1. The highest BCUT2D eigenvalue weighted by Gasteiger charge is 2.18. The summed E-state index contributed by atoms with van der Waals surface area (Å²) in [7, 11) is 0. The van der Waals surface area contributed by atoms with Crippen LogP contribution in [0, 0.1) is 0 Å². The molecule has 1 heterocycles. The van der Waals surface area contributed by atoms with Crippen LogP contribution in [0.25, 0.3) is 0 Å². The fourth-order valence-corrected chi connectivity index (χ4v) is 2.10. The normalized spacial score (nSPS) is 14.9.